The Hall–Kier alpha value is -0.880. The van der Waals surface area contributed by atoms with Gasteiger partial charge in [-0.3, -0.25) is 4.90 Å². The van der Waals surface area contributed by atoms with Gasteiger partial charge >= 0.3 is 5.97 Å². The summed E-state index contributed by atoms with van der Waals surface area (Å²) in [5.41, 5.74) is 6.32. The standard InChI is InChI=1S/C15H19FN2O2.2ClH/c16-12-3-1-2-11(8-12)14(17)15(19)20-13-9-18-6-4-10(13)5-7-18;;/h1-3,8,10,13-14H,4-7,9,17H2;2*1H/t13?,14-;;/m1../s1. The van der Waals surface area contributed by atoms with Crippen LogP contribution >= 0.6 is 24.8 Å². The minimum absolute atomic E-state index is 0. The van der Waals surface area contributed by atoms with Crippen LogP contribution in [0.4, 0.5) is 4.39 Å². The Bertz CT molecular complexity index is 510. The fourth-order valence-corrected chi connectivity index (χ4v) is 3.10. The zero-order chi connectivity index (χ0) is 14.1. The third-order valence-corrected chi connectivity index (χ3v) is 4.33. The number of piperidine rings is 3. The summed E-state index contributed by atoms with van der Waals surface area (Å²) in [5.74, 6) is -0.411. The zero-order valence-electron chi connectivity index (χ0n) is 12.1. The van der Waals surface area contributed by atoms with Crippen molar-refractivity contribution in [1.82, 2.24) is 4.90 Å². The summed E-state index contributed by atoms with van der Waals surface area (Å²) in [6.07, 6.45) is 2.09. The van der Waals surface area contributed by atoms with Crippen LogP contribution in [0, 0.1) is 11.7 Å². The number of fused-ring (bicyclic) bond motifs is 3. The van der Waals surface area contributed by atoms with Crippen LogP contribution < -0.4 is 5.73 Å². The maximum absolute atomic E-state index is 13.2. The van der Waals surface area contributed by atoms with Gasteiger partial charge < -0.3 is 10.5 Å². The highest BCUT2D eigenvalue weighted by molar-refractivity contribution is 5.85. The maximum Gasteiger partial charge on any atom is 0.327 e. The van der Waals surface area contributed by atoms with E-state index in [1.807, 2.05) is 0 Å². The van der Waals surface area contributed by atoms with Gasteiger partial charge in [-0.25, -0.2) is 9.18 Å². The van der Waals surface area contributed by atoms with E-state index >= 15 is 0 Å². The summed E-state index contributed by atoms with van der Waals surface area (Å²) in [6.45, 7) is 2.98. The molecule has 0 amide bonds. The van der Waals surface area contributed by atoms with E-state index in [0.717, 1.165) is 32.5 Å². The summed E-state index contributed by atoms with van der Waals surface area (Å²) in [4.78, 5) is 14.4. The first kappa shape index (κ1) is 19.2. The summed E-state index contributed by atoms with van der Waals surface area (Å²) in [5, 5.41) is 0. The molecule has 2 bridgehead atoms. The van der Waals surface area contributed by atoms with Crippen molar-refractivity contribution in [2.75, 3.05) is 19.6 Å². The van der Waals surface area contributed by atoms with Crippen LogP contribution in [-0.2, 0) is 9.53 Å². The Balaban J connectivity index is 0.00000121. The Morgan fingerprint density at radius 2 is 2.00 bits per heavy atom. The van der Waals surface area contributed by atoms with Crippen LogP contribution in [-0.4, -0.2) is 36.6 Å². The molecule has 0 spiro atoms. The van der Waals surface area contributed by atoms with E-state index in [2.05, 4.69) is 4.90 Å². The van der Waals surface area contributed by atoms with Gasteiger partial charge in [0.1, 0.15) is 18.0 Å². The zero-order valence-corrected chi connectivity index (χ0v) is 13.7. The largest absolute Gasteiger partial charge is 0.459 e. The molecule has 0 saturated carbocycles. The molecule has 1 aromatic rings. The highest BCUT2D eigenvalue weighted by Gasteiger charge is 2.37. The number of ether oxygens (including phenoxy) is 1. The molecule has 2 N–H and O–H groups in total. The highest BCUT2D eigenvalue weighted by Crippen LogP contribution is 2.30. The number of benzene rings is 1. The topological polar surface area (TPSA) is 55.6 Å². The van der Waals surface area contributed by atoms with Crippen molar-refractivity contribution < 1.29 is 13.9 Å². The molecule has 124 valence electrons. The molecule has 3 aliphatic heterocycles. The van der Waals surface area contributed by atoms with Crippen molar-refractivity contribution in [2.45, 2.75) is 25.0 Å². The maximum atomic E-state index is 13.2. The molecule has 3 fully saturated rings. The molecule has 22 heavy (non-hydrogen) atoms. The van der Waals surface area contributed by atoms with E-state index in [0.29, 0.717) is 11.5 Å². The fraction of sp³-hybridized carbons (Fsp3) is 0.533. The molecule has 7 heteroatoms. The van der Waals surface area contributed by atoms with Crippen molar-refractivity contribution in [1.29, 1.82) is 0 Å². The van der Waals surface area contributed by atoms with E-state index in [1.165, 1.54) is 12.1 Å². The summed E-state index contributed by atoms with van der Waals surface area (Å²) in [7, 11) is 0. The smallest absolute Gasteiger partial charge is 0.327 e. The lowest BCUT2D eigenvalue weighted by Crippen LogP contribution is -2.52. The van der Waals surface area contributed by atoms with Crippen molar-refractivity contribution in [3.8, 4) is 0 Å². The monoisotopic (exact) mass is 350 g/mol. The molecular weight excluding hydrogens is 330 g/mol. The lowest BCUT2D eigenvalue weighted by molar-refractivity contribution is -0.160. The predicted octanol–water partition coefficient (Wildman–Crippen LogP) is 2.31. The summed E-state index contributed by atoms with van der Waals surface area (Å²) < 4.78 is 18.7. The van der Waals surface area contributed by atoms with Crippen molar-refractivity contribution in [3.63, 3.8) is 0 Å². The van der Waals surface area contributed by atoms with Crippen LogP contribution in [0.15, 0.2) is 24.3 Å². The quantitative estimate of drug-likeness (QED) is 0.850. The highest BCUT2D eigenvalue weighted by atomic mass is 35.5. The van der Waals surface area contributed by atoms with Gasteiger partial charge in [-0.1, -0.05) is 12.1 Å². The first-order valence-corrected chi connectivity index (χ1v) is 7.07. The van der Waals surface area contributed by atoms with E-state index in [9.17, 15) is 9.18 Å². The minimum atomic E-state index is -0.916. The van der Waals surface area contributed by atoms with E-state index in [4.69, 9.17) is 10.5 Å². The van der Waals surface area contributed by atoms with Gasteiger partial charge in [0.25, 0.3) is 0 Å². The number of hydrogen-bond acceptors (Lipinski definition) is 4. The van der Waals surface area contributed by atoms with Gasteiger partial charge in [0.15, 0.2) is 0 Å². The third kappa shape index (κ3) is 4.10. The average Bonchev–Trinajstić information content (AvgIpc) is 2.47. The van der Waals surface area contributed by atoms with E-state index in [-0.39, 0.29) is 30.9 Å². The summed E-state index contributed by atoms with van der Waals surface area (Å²) >= 11 is 0. The average molecular weight is 351 g/mol. The Labute approximate surface area is 142 Å². The molecule has 1 unspecified atom stereocenters. The molecule has 2 atom stereocenters. The number of carbonyl (C=O) groups excluding carboxylic acids is 1. The van der Waals surface area contributed by atoms with Crippen LogP contribution in [0.5, 0.6) is 0 Å². The Morgan fingerprint density at radius 3 is 2.55 bits per heavy atom. The van der Waals surface area contributed by atoms with Crippen molar-refractivity contribution in [2.24, 2.45) is 11.7 Å². The van der Waals surface area contributed by atoms with Gasteiger partial charge in [0.2, 0.25) is 0 Å². The summed E-state index contributed by atoms with van der Waals surface area (Å²) in [6, 6.07) is 4.88. The predicted molar refractivity (Wildman–Crippen MR) is 86.9 cm³/mol. The number of nitrogens with two attached hydrogens (primary N) is 1. The molecule has 0 radical (unpaired) electrons. The number of carbonyl (C=O) groups is 1. The second kappa shape index (κ2) is 8.11. The SMILES string of the molecule is Cl.Cl.N[C@@H](C(=O)OC1CN2CCC1CC2)c1cccc(F)c1. The minimum Gasteiger partial charge on any atom is -0.459 e. The molecule has 0 aromatic heterocycles. The van der Waals surface area contributed by atoms with Crippen LogP contribution in [0.25, 0.3) is 0 Å². The van der Waals surface area contributed by atoms with Gasteiger partial charge in [0.05, 0.1) is 0 Å². The number of esters is 1. The first-order valence-electron chi connectivity index (χ1n) is 7.07. The van der Waals surface area contributed by atoms with Crippen LogP contribution in [0.1, 0.15) is 24.4 Å². The number of rotatable bonds is 3. The fourth-order valence-electron chi connectivity index (χ4n) is 3.10. The van der Waals surface area contributed by atoms with Gasteiger partial charge in [-0.15, -0.1) is 24.8 Å². The molecule has 0 aliphatic carbocycles. The van der Waals surface area contributed by atoms with Gasteiger partial charge in [0, 0.05) is 6.54 Å². The second-order valence-corrected chi connectivity index (χ2v) is 5.65. The van der Waals surface area contributed by atoms with Crippen molar-refractivity contribution >= 4 is 30.8 Å². The lowest BCUT2D eigenvalue weighted by Gasteiger charge is -2.44. The molecule has 4 nitrogen and oxygen atoms in total. The normalized spacial score (nSPS) is 27.3. The molecule has 3 saturated heterocycles. The lowest BCUT2D eigenvalue weighted by atomic mass is 9.86. The van der Waals surface area contributed by atoms with Gasteiger partial charge in [-0.05, 0) is 49.5 Å². The third-order valence-electron chi connectivity index (χ3n) is 4.33. The van der Waals surface area contributed by atoms with Crippen LogP contribution in [0.2, 0.25) is 0 Å². The van der Waals surface area contributed by atoms with Crippen molar-refractivity contribution in [3.05, 3.63) is 35.6 Å². The van der Waals surface area contributed by atoms with E-state index in [1.54, 1.807) is 12.1 Å². The first-order chi connectivity index (χ1) is 9.63. The Morgan fingerprint density at radius 1 is 1.32 bits per heavy atom. The Kier molecular flexibility index (Phi) is 7.06. The molecule has 3 aliphatic rings. The van der Waals surface area contributed by atoms with E-state index < -0.39 is 17.8 Å². The second-order valence-electron chi connectivity index (χ2n) is 5.65. The number of hydrogen-bond donors (Lipinski definition) is 1. The number of nitrogens with zero attached hydrogens (tertiary/aromatic N) is 1. The number of halogens is 3. The molecule has 1 aromatic carbocycles. The molecular formula is C15H21Cl2FN2O2. The van der Waals surface area contributed by atoms with Gasteiger partial charge in [-0.2, -0.15) is 0 Å². The van der Waals surface area contributed by atoms with Crippen LogP contribution in [0.3, 0.4) is 0 Å². The molecule has 4 rings (SSSR count). The molecule has 3 heterocycles.